The highest BCUT2D eigenvalue weighted by Crippen LogP contribution is 2.35. The van der Waals surface area contributed by atoms with Crippen LogP contribution in [0, 0.1) is 5.92 Å². The molecule has 2 aliphatic rings. The lowest BCUT2D eigenvalue weighted by atomic mass is 9.89. The number of hydrogen-bond acceptors (Lipinski definition) is 4. The molecular weight excluding hydrogens is 364 g/mol. The van der Waals surface area contributed by atoms with Crippen molar-refractivity contribution >= 4 is 17.8 Å². The van der Waals surface area contributed by atoms with Crippen LogP contribution in [0.2, 0.25) is 0 Å². The molecule has 150 valence electrons. The van der Waals surface area contributed by atoms with Crippen molar-refractivity contribution in [2.24, 2.45) is 5.92 Å². The molecular formula is C25H26O4. The summed E-state index contributed by atoms with van der Waals surface area (Å²) >= 11 is 0. The van der Waals surface area contributed by atoms with Gasteiger partial charge in [0.15, 0.2) is 5.76 Å². The standard InChI is InChI=1S/C25H26O4/c1-16(2)18-10-8-17(9-11-18)14-23-24(26)21-13-12-20(15-22(21)29-23)28-25(27)19-6-4-3-5-7-19/h8-16,19H,3-7H2,1-2H3. The molecule has 2 aromatic carbocycles. The van der Waals surface area contributed by atoms with Crippen molar-refractivity contribution < 1.29 is 19.1 Å². The number of esters is 1. The van der Waals surface area contributed by atoms with E-state index in [0.29, 0.717) is 23.0 Å². The second-order valence-electron chi connectivity index (χ2n) is 8.18. The average Bonchev–Trinajstić information content (AvgIpc) is 3.03. The summed E-state index contributed by atoms with van der Waals surface area (Å²) in [5.41, 5.74) is 2.65. The highest BCUT2D eigenvalue weighted by molar-refractivity contribution is 6.14. The largest absolute Gasteiger partial charge is 0.452 e. The SMILES string of the molecule is CC(C)c1ccc(C=C2Oc3cc(OC(=O)C4CCCCC4)ccc3C2=O)cc1. The Morgan fingerprint density at radius 1 is 1.07 bits per heavy atom. The third-order valence-corrected chi connectivity index (χ3v) is 5.70. The van der Waals surface area contributed by atoms with Crippen molar-refractivity contribution in [3.63, 3.8) is 0 Å². The molecule has 0 atom stereocenters. The first kappa shape index (κ1) is 19.4. The molecule has 0 unspecified atom stereocenters. The minimum atomic E-state index is -0.185. The van der Waals surface area contributed by atoms with E-state index < -0.39 is 0 Å². The molecule has 4 heteroatoms. The van der Waals surface area contributed by atoms with Crippen LogP contribution in [0.15, 0.2) is 48.2 Å². The Morgan fingerprint density at radius 3 is 2.48 bits per heavy atom. The number of ether oxygens (including phenoxy) is 2. The average molecular weight is 390 g/mol. The van der Waals surface area contributed by atoms with Crippen LogP contribution in [-0.2, 0) is 4.79 Å². The summed E-state index contributed by atoms with van der Waals surface area (Å²) < 4.78 is 11.3. The van der Waals surface area contributed by atoms with E-state index in [-0.39, 0.29) is 23.4 Å². The fourth-order valence-electron chi connectivity index (χ4n) is 3.90. The molecule has 1 saturated carbocycles. The molecule has 1 aliphatic heterocycles. The Morgan fingerprint density at radius 2 is 1.79 bits per heavy atom. The lowest BCUT2D eigenvalue weighted by molar-refractivity contribution is -0.139. The fraction of sp³-hybridized carbons (Fsp3) is 0.360. The Kier molecular flexibility index (Phi) is 5.52. The van der Waals surface area contributed by atoms with Gasteiger partial charge in [-0.3, -0.25) is 9.59 Å². The topological polar surface area (TPSA) is 52.6 Å². The van der Waals surface area contributed by atoms with Crippen LogP contribution in [-0.4, -0.2) is 11.8 Å². The summed E-state index contributed by atoms with van der Waals surface area (Å²) in [5.74, 6) is 1.24. The summed E-state index contributed by atoms with van der Waals surface area (Å²) in [7, 11) is 0. The van der Waals surface area contributed by atoms with Crippen molar-refractivity contribution in [1.29, 1.82) is 0 Å². The highest BCUT2D eigenvalue weighted by atomic mass is 16.5. The van der Waals surface area contributed by atoms with Gasteiger partial charge in [-0.05, 0) is 48.1 Å². The van der Waals surface area contributed by atoms with E-state index in [1.165, 1.54) is 12.0 Å². The second kappa shape index (κ2) is 8.24. The Hall–Kier alpha value is -2.88. The maximum Gasteiger partial charge on any atom is 0.314 e. The molecule has 0 aromatic heterocycles. The van der Waals surface area contributed by atoms with Gasteiger partial charge >= 0.3 is 5.97 Å². The number of ketones is 1. The number of allylic oxidation sites excluding steroid dienone is 1. The van der Waals surface area contributed by atoms with Crippen molar-refractivity contribution in [3.05, 3.63) is 64.9 Å². The van der Waals surface area contributed by atoms with Gasteiger partial charge in [-0.15, -0.1) is 0 Å². The molecule has 4 rings (SSSR count). The first-order valence-electron chi connectivity index (χ1n) is 10.4. The monoisotopic (exact) mass is 390 g/mol. The van der Waals surface area contributed by atoms with Gasteiger partial charge in [0.25, 0.3) is 0 Å². The van der Waals surface area contributed by atoms with E-state index in [9.17, 15) is 9.59 Å². The second-order valence-corrected chi connectivity index (χ2v) is 8.18. The third-order valence-electron chi connectivity index (χ3n) is 5.70. The van der Waals surface area contributed by atoms with Gasteiger partial charge in [-0.1, -0.05) is 57.4 Å². The quantitative estimate of drug-likeness (QED) is 0.370. The van der Waals surface area contributed by atoms with Crippen LogP contribution in [0.4, 0.5) is 0 Å². The molecule has 0 bridgehead atoms. The number of carbonyl (C=O) groups excluding carboxylic acids is 2. The molecule has 2 aromatic rings. The third kappa shape index (κ3) is 4.26. The number of Topliss-reactive ketones (excluding diaryl/α,β-unsaturated/α-hetero) is 1. The van der Waals surface area contributed by atoms with Crippen LogP contribution >= 0.6 is 0 Å². The van der Waals surface area contributed by atoms with Crippen LogP contribution in [0.3, 0.4) is 0 Å². The normalized spacial score (nSPS) is 18.0. The first-order valence-corrected chi connectivity index (χ1v) is 10.4. The zero-order chi connectivity index (χ0) is 20.4. The smallest absolute Gasteiger partial charge is 0.314 e. The highest BCUT2D eigenvalue weighted by Gasteiger charge is 2.29. The fourth-order valence-corrected chi connectivity index (χ4v) is 3.90. The van der Waals surface area contributed by atoms with Gasteiger partial charge in [-0.25, -0.2) is 0 Å². The van der Waals surface area contributed by atoms with Crippen molar-refractivity contribution in [2.45, 2.75) is 51.9 Å². The van der Waals surface area contributed by atoms with Gasteiger partial charge in [0.05, 0.1) is 11.5 Å². The summed E-state index contributed by atoms with van der Waals surface area (Å²) in [6, 6.07) is 13.1. The first-order chi connectivity index (χ1) is 14.0. The molecule has 0 spiro atoms. The molecule has 1 aliphatic carbocycles. The number of fused-ring (bicyclic) bond motifs is 1. The van der Waals surface area contributed by atoms with Crippen LogP contribution < -0.4 is 9.47 Å². The number of hydrogen-bond donors (Lipinski definition) is 0. The van der Waals surface area contributed by atoms with E-state index in [1.807, 2.05) is 12.1 Å². The summed E-state index contributed by atoms with van der Waals surface area (Å²) in [6.45, 7) is 4.29. The molecule has 0 amide bonds. The Balaban J connectivity index is 1.48. The van der Waals surface area contributed by atoms with Crippen LogP contribution in [0.25, 0.3) is 6.08 Å². The van der Waals surface area contributed by atoms with Crippen LogP contribution in [0.1, 0.15) is 73.4 Å². The number of rotatable bonds is 4. The van der Waals surface area contributed by atoms with Gasteiger partial charge in [0, 0.05) is 6.07 Å². The van der Waals surface area contributed by atoms with E-state index in [4.69, 9.17) is 9.47 Å². The molecule has 0 radical (unpaired) electrons. The molecule has 29 heavy (non-hydrogen) atoms. The Bertz CT molecular complexity index is 947. The summed E-state index contributed by atoms with van der Waals surface area (Å²) in [5, 5.41) is 0. The minimum absolute atomic E-state index is 0.0242. The zero-order valence-electron chi connectivity index (χ0n) is 16.9. The van der Waals surface area contributed by atoms with Gasteiger partial charge in [0.2, 0.25) is 5.78 Å². The van der Waals surface area contributed by atoms with Gasteiger partial charge < -0.3 is 9.47 Å². The van der Waals surface area contributed by atoms with E-state index in [2.05, 4.69) is 26.0 Å². The van der Waals surface area contributed by atoms with E-state index >= 15 is 0 Å². The lowest BCUT2D eigenvalue weighted by Crippen LogP contribution is -2.22. The van der Waals surface area contributed by atoms with Gasteiger partial charge in [0.1, 0.15) is 11.5 Å². The molecule has 0 saturated heterocycles. The zero-order valence-corrected chi connectivity index (χ0v) is 16.9. The maximum absolute atomic E-state index is 12.7. The predicted molar refractivity (Wildman–Crippen MR) is 112 cm³/mol. The predicted octanol–water partition coefficient (Wildman–Crippen LogP) is 5.91. The molecule has 1 fully saturated rings. The maximum atomic E-state index is 12.7. The number of benzene rings is 2. The summed E-state index contributed by atoms with van der Waals surface area (Å²) in [4.78, 5) is 25.0. The van der Waals surface area contributed by atoms with Gasteiger partial charge in [-0.2, -0.15) is 0 Å². The molecule has 1 heterocycles. The van der Waals surface area contributed by atoms with E-state index in [1.54, 1.807) is 24.3 Å². The molecule has 4 nitrogen and oxygen atoms in total. The lowest BCUT2D eigenvalue weighted by Gasteiger charge is -2.19. The van der Waals surface area contributed by atoms with Crippen molar-refractivity contribution in [1.82, 2.24) is 0 Å². The van der Waals surface area contributed by atoms with Crippen molar-refractivity contribution in [2.75, 3.05) is 0 Å². The minimum Gasteiger partial charge on any atom is -0.452 e. The van der Waals surface area contributed by atoms with E-state index in [0.717, 1.165) is 31.2 Å². The number of carbonyl (C=O) groups is 2. The summed E-state index contributed by atoms with van der Waals surface area (Å²) in [6.07, 6.45) is 6.87. The van der Waals surface area contributed by atoms with Crippen LogP contribution in [0.5, 0.6) is 11.5 Å². The molecule has 0 N–H and O–H groups in total. The Labute approximate surface area is 171 Å². The van der Waals surface area contributed by atoms with Crippen molar-refractivity contribution in [3.8, 4) is 11.5 Å².